The van der Waals surface area contributed by atoms with E-state index in [0.29, 0.717) is 12.2 Å². The third kappa shape index (κ3) is 2.54. The van der Waals surface area contributed by atoms with E-state index in [9.17, 15) is 4.79 Å². The van der Waals surface area contributed by atoms with Crippen LogP contribution in [0, 0.1) is 6.92 Å². The van der Waals surface area contributed by atoms with Crippen LogP contribution < -0.4 is 11.1 Å². The van der Waals surface area contributed by atoms with Gasteiger partial charge in [0.25, 0.3) is 0 Å². The van der Waals surface area contributed by atoms with Crippen LogP contribution in [0.5, 0.6) is 0 Å². The zero-order valence-corrected chi connectivity index (χ0v) is 11.6. The smallest absolute Gasteiger partial charge is 0.242 e. The molecule has 0 radical (unpaired) electrons. The first kappa shape index (κ1) is 13.4. The largest absolute Gasteiger partial charge is 0.399 e. The van der Waals surface area contributed by atoms with Gasteiger partial charge >= 0.3 is 0 Å². The number of nitrogen functional groups attached to an aromatic ring is 1. The van der Waals surface area contributed by atoms with E-state index in [2.05, 4.69) is 10.3 Å². The highest BCUT2D eigenvalue weighted by molar-refractivity contribution is 5.85. The Bertz CT molecular complexity index is 603. The van der Waals surface area contributed by atoms with Gasteiger partial charge in [0.15, 0.2) is 0 Å². The summed E-state index contributed by atoms with van der Waals surface area (Å²) >= 11 is 0. The number of anilines is 1. The Labute approximate surface area is 112 Å². The maximum atomic E-state index is 12.1. The number of imidazole rings is 1. The minimum atomic E-state index is -0.278. The highest BCUT2D eigenvalue weighted by atomic mass is 16.2. The van der Waals surface area contributed by atoms with E-state index in [0.717, 1.165) is 23.3 Å². The lowest BCUT2D eigenvalue weighted by Gasteiger charge is -2.16. The molecule has 5 heteroatoms. The van der Waals surface area contributed by atoms with Crippen LogP contribution in [-0.4, -0.2) is 22.0 Å². The monoisotopic (exact) mass is 260 g/mol. The van der Waals surface area contributed by atoms with Gasteiger partial charge in [0, 0.05) is 12.2 Å². The van der Waals surface area contributed by atoms with E-state index in [1.807, 2.05) is 43.5 Å². The molecule has 0 bridgehead atoms. The second-order valence-corrected chi connectivity index (χ2v) is 4.74. The van der Waals surface area contributed by atoms with Crippen LogP contribution >= 0.6 is 0 Å². The van der Waals surface area contributed by atoms with Gasteiger partial charge in [0.05, 0.1) is 11.0 Å². The fourth-order valence-corrected chi connectivity index (χ4v) is 2.24. The molecule has 1 aromatic heterocycles. The maximum Gasteiger partial charge on any atom is 0.242 e. The van der Waals surface area contributed by atoms with Crippen molar-refractivity contribution in [2.45, 2.75) is 33.2 Å². The number of benzene rings is 1. The third-order valence-electron chi connectivity index (χ3n) is 3.21. The lowest BCUT2D eigenvalue weighted by Crippen LogP contribution is -2.31. The van der Waals surface area contributed by atoms with Crippen molar-refractivity contribution >= 4 is 22.6 Å². The number of aromatic nitrogens is 2. The maximum absolute atomic E-state index is 12.1. The molecule has 102 valence electrons. The summed E-state index contributed by atoms with van der Waals surface area (Å²) in [5.41, 5.74) is 8.20. The molecule has 0 aliphatic heterocycles. The van der Waals surface area contributed by atoms with Gasteiger partial charge in [-0.05, 0) is 38.5 Å². The number of fused-ring (bicyclic) bond motifs is 1. The highest BCUT2D eigenvalue weighted by Gasteiger charge is 2.19. The van der Waals surface area contributed by atoms with E-state index in [1.165, 1.54) is 0 Å². The fraction of sp³-hybridized carbons (Fsp3) is 0.429. The van der Waals surface area contributed by atoms with Gasteiger partial charge in [0.2, 0.25) is 5.91 Å². The number of amides is 1. The molecule has 2 rings (SSSR count). The van der Waals surface area contributed by atoms with Crippen molar-refractivity contribution in [3.8, 4) is 0 Å². The molecule has 1 aromatic carbocycles. The van der Waals surface area contributed by atoms with Crippen LogP contribution in [0.3, 0.4) is 0 Å². The Morgan fingerprint density at radius 3 is 2.95 bits per heavy atom. The zero-order valence-electron chi connectivity index (χ0n) is 11.6. The quantitative estimate of drug-likeness (QED) is 0.826. The van der Waals surface area contributed by atoms with Crippen LogP contribution in [-0.2, 0) is 4.79 Å². The van der Waals surface area contributed by atoms with Gasteiger partial charge in [-0.25, -0.2) is 4.98 Å². The molecule has 0 saturated carbocycles. The number of nitrogens with one attached hydrogen (secondary N) is 1. The third-order valence-corrected chi connectivity index (χ3v) is 3.21. The predicted octanol–water partition coefficient (Wildman–Crippen LogP) is 2.01. The van der Waals surface area contributed by atoms with Gasteiger partial charge in [-0.3, -0.25) is 4.79 Å². The molecule has 2 aromatic rings. The molecular formula is C14H20N4O. The Balaban J connectivity index is 2.38. The van der Waals surface area contributed by atoms with Crippen molar-refractivity contribution in [1.29, 1.82) is 0 Å². The van der Waals surface area contributed by atoms with E-state index < -0.39 is 0 Å². The van der Waals surface area contributed by atoms with Gasteiger partial charge < -0.3 is 15.6 Å². The molecule has 19 heavy (non-hydrogen) atoms. The van der Waals surface area contributed by atoms with Gasteiger partial charge in [0.1, 0.15) is 11.9 Å². The number of carbonyl (C=O) groups excluding carboxylic acids is 1. The van der Waals surface area contributed by atoms with Crippen LogP contribution in [0.15, 0.2) is 18.2 Å². The van der Waals surface area contributed by atoms with Crippen molar-refractivity contribution in [2.75, 3.05) is 12.3 Å². The molecular weight excluding hydrogens is 240 g/mol. The van der Waals surface area contributed by atoms with E-state index in [-0.39, 0.29) is 11.9 Å². The zero-order chi connectivity index (χ0) is 14.0. The predicted molar refractivity (Wildman–Crippen MR) is 76.9 cm³/mol. The number of nitrogens with two attached hydrogens (primary N) is 1. The van der Waals surface area contributed by atoms with E-state index >= 15 is 0 Å². The standard InChI is InChI=1S/C14H20N4O/c1-4-7-16-14(19)9(2)18-10(3)17-12-8-11(15)5-6-13(12)18/h5-6,8-9H,4,7,15H2,1-3H3,(H,16,19). The lowest BCUT2D eigenvalue weighted by atomic mass is 10.2. The number of nitrogens with zero attached hydrogens (tertiary/aromatic N) is 2. The minimum Gasteiger partial charge on any atom is -0.399 e. The van der Waals surface area contributed by atoms with Crippen molar-refractivity contribution in [3.05, 3.63) is 24.0 Å². The number of aryl methyl sites for hydroxylation is 1. The summed E-state index contributed by atoms with van der Waals surface area (Å²) in [6.45, 7) is 6.52. The first-order chi connectivity index (χ1) is 9.04. The Morgan fingerprint density at radius 1 is 1.53 bits per heavy atom. The Hall–Kier alpha value is -2.04. The lowest BCUT2D eigenvalue weighted by molar-refractivity contribution is -0.123. The molecule has 1 amide bonds. The first-order valence-electron chi connectivity index (χ1n) is 6.56. The average molecular weight is 260 g/mol. The summed E-state index contributed by atoms with van der Waals surface area (Å²) in [6, 6.07) is 5.29. The van der Waals surface area contributed by atoms with Gasteiger partial charge in [-0.2, -0.15) is 0 Å². The number of rotatable bonds is 4. The second-order valence-electron chi connectivity index (χ2n) is 4.74. The van der Waals surface area contributed by atoms with Crippen molar-refractivity contribution in [1.82, 2.24) is 14.9 Å². The molecule has 0 spiro atoms. The first-order valence-corrected chi connectivity index (χ1v) is 6.56. The van der Waals surface area contributed by atoms with Crippen LogP contribution in [0.25, 0.3) is 11.0 Å². The topological polar surface area (TPSA) is 72.9 Å². The van der Waals surface area contributed by atoms with E-state index in [1.54, 1.807) is 0 Å². The molecule has 5 nitrogen and oxygen atoms in total. The van der Waals surface area contributed by atoms with Gasteiger partial charge in [-0.1, -0.05) is 6.92 Å². The number of hydrogen-bond acceptors (Lipinski definition) is 3. The summed E-state index contributed by atoms with van der Waals surface area (Å²) in [4.78, 5) is 16.5. The number of carbonyl (C=O) groups is 1. The summed E-state index contributed by atoms with van der Waals surface area (Å²) < 4.78 is 1.94. The summed E-state index contributed by atoms with van der Waals surface area (Å²) in [5, 5.41) is 2.91. The van der Waals surface area contributed by atoms with Gasteiger partial charge in [-0.15, -0.1) is 0 Å². The van der Waals surface area contributed by atoms with Crippen molar-refractivity contribution in [3.63, 3.8) is 0 Å². The minimum absolute atomic E-state index is 0.0149. The van der Waals surface area contributed by atoms with Crippen LogP contribution in [0.1, 0.15) is 32.1 Å². The SMILES string of the molecule is CCCNC(=O)C(C)n1c(C)nc2cc(N)ccc21. The molecule has 0 aliphatic rings. The summed E-state index contributed by atoms with van der Waals surface area (Å²) in [7, 11) is 0. The molecule has 0 fully saturated rings. The molecule has 3 N–H and O–H groups in total. The molecule has 0 aliphatic carbocycles. The summed E-state index contributed by atoms with van der Waals surface area (Å²) in [5.74, 6) is 0.834. The molecule has 0 saturated heterocycles. The van der Waals surface area contributed by atoms with E-state index in [4.69, 9.17) is 5.73 Å². The average Bonchev–Trinajstić information content (AvgIpc) is 2.70. The molecule has 1 heterocycles. The second kappa shape index (κ2) is 5.30. The molecule has 1 unspecified atom stereocenters. The number of hydrogen-bond donors (Lipinski definition) is 2. The van der Waals surface area contributed by atoms with Crippen molar-refractivity contribution in [2.24, 2.45) is 0 Å². The summed E-state index contributed by atoms with van der Waals surface area (Å²) in [6.07, 6.45) is 0.929. The normalized spacial score (nSPS) is 12.6. The van der Waals surface area contributed by atoms with Crippen molar-refractivity contribution < 1.29 is 4.79 Å². The van der Waals surface area contributed by atoms with Crippen LogP contribution in [0.4, 0.5) is 5.69 Å². The fourth-order valence-electron chi connectivity index (χ4n) is 2.24. The molecule has 1 atom stereocenters. The Kier molecular flexibility index (Phi) is 3.74. The Morgan fingerprint density at radius 2 is 2.26 bits per heavy atom. The highest BCUT2D eigenvalue weighted by Crippen LogP contribution is 2.22. The van der Waals surface area contributed by atoms with Crippen LogP contribution in [0.2, 0.25) is 0 Å².